The van der Waals surface area contributed by atoms with Gasteiger partial charge in [0.25, 0.3) is 16.7 Å². The number of aryl methyl sites for hydroxylation is 3. The van der Waals surface area contributed by atoms with Crippen molar-refractivity contribution in [3.63, 3.8) is 0 Å². The molecule has 26 nitrogen and oxygen atoms in total. The zero-order valence-corrected chi connectivity index (χ0v) is 61.3. The number of hydrogen-bond acceptors (Lipinski definition) is 14. The van der Waals surface area contributed by atoms with Crippen molar-refractivity contribution in [2.24, 2.45) is 42.3 Å². The first-order chi connectivity index (χ1) is 48.0. The predicted octanol–water partition coefficient (Wildman–Crippen LogP) is 7.52. The van der Waals surface area contributed by atoms with Gasteiger partial charge in [-0.15, -0.1) is 0 Å². The number of nitrogens with one attached hydrogen (secondary N) is 2. The molecule has 0 atom stereocenters. The summed E-state index contributed by atoms with van der Waals surface area (Å²) in [4.78, 5) is 91.2. The summed E-state index contributed by atoms with van der Waals surface area (Å²) in [6.45, 7) is 15.7. The number of fused-ring (bicyclic) bond motifs is 3. The zero-order valence-electron chi connectivity index (χ0n) is 57.7. The van der Waals surface area contributed by atoms with E-state index in [-0.39, 0.29) is 59.8 Å². The van der Waals surface area contributed by atoms with Crippen LogP contribution >= 0.6 is 15.9 Å². The Morgan fingerprint density at radius 2 is 0.921 bits per heavy atom. The average molecular weight is 1480 g/mol. The predicted molar refractivity (Wildman–Crippen MR) is 389 cm³/mol. The summed E-state index contributed by atoms with van der Waals surface area (Å²) in [7, 11) is 6.57. The first-order valence-corrected chi connectivity index (χ1v) is 40.0. The molecule has 12 rings (SSSR count). The van der Waals surface area contributed by atoms with Crippen LogP contribution in [0.5, 0.6) is 0 Å². The van der Waals surface area contributed by atoms with Gasteiger partial charge in [-0.05, 0) is 66.7 Å². The average Bonchev–Trinajstić information content (AvgIpc) is 1.62. The van der Waals surface area contributed by atoms with E-state index in [4.69, 9.17) is 9.47 Å². The minimum absolute atomic E-state index is 0.119. The van der Waals surface area contributed by atoms with Gasteiger partial charge in [-0.2, -0.15) is 15.3 Å². The molecule has 0 aliphatic heterocycles. The summed E-state index contributed by atoms with van der Waals surface area (Å²) in [6.07, 6.45) is 10.0. The quantitative estimate of drug-likeness (QED) is 0.0435. The Kier molecular flexibility index (Phi) is 23.8. The summed E-state index contributed by atoms with van der Waals surface area (Å²) in [5.41, 5.74) is 3.12. The molecule has 0 spiro atoms. The van der Waals surface area contributed by atoms with Crippen molar-refractivity contribution in [2.75, 3.05) is 18.5 Å². The van der Waals surface area contributed by atoms with Crippen molar-refractivity contribution in [1.29, 1.82) is 0 Å². The molecule has 2 N–H and O–H groups in total. The number of hydrogen-bond donors (Lipinski definition) is 2. The van der Waals surface area contributed by atoms with Crippen LogP contribution in [-0.2, 0) is 78.3 Å². The van der Waals surface area contributed by atoms with Crippen LogP contribution in [0, 0.1) is 53.0 Å². The fraction of sp³-hybridized carbons (Fsp3) is 0.304. The third-order valence-electron chi connectivity index (χ3n) is 15.5. The summed E-state index contributed by atoms with van der Waals surface area (Å²) in [5, 5.41) is 15.9. The zero-order chi connectivity index (χ0) is 73.0. The Labute approximate surface area is 586 Å². The Hall–Kier alpha value is -11.0. The van der Waals surface area contributed by atoms with E-state index in [1.165, 1.54) is 71.2 Å². The van der Waals surface area contributed by atoms with Crippen molar-refractivity contribution in [2.45, 2.75) is 77.9 Å². The highest BCUT2D eigenvalue weighted by Crippen LogP contribution is 2.25. The Balaban J connectivity index is 0.000000166. The number of aromatic amines is 2. The van der Waals surface area contributed by atoms with Gasteiger partial charge in [0.2, 0.25) is 0 Å². The van der Waals surface area contributed by atoms with Crippen LogP contribution < -0.4 is 33.7 Å². The molecule has 101 heavy (non-hydrogen) atoms. The number of halogens is 4. The van der Waals surface area contributed by atoms with E-state index in [9.17, 15) is 41.9 Å². The lowest BCUT2D eigenvalue weighted by atomic mass is 10.2. The summed E-state index contributed by atoms with van der Waals surface area (Å²) >= 11 is 3.16. The highest BCUT2D eigenvalue weighted by atomic mass is 79.9. The Bertz CT molecular complexity index is 5610. The van der Waals surface area contributed by atoms with Gasteiger partial charge in [-0.25, -0.2) is 42.5 Å². The fourth-order valence-corrected chi connectivity index (χ4v) is 11.6. The van der Waals surface area contributed by atoms with Crippen LogP contribution in [0.2, 0.25) is 51.4 Å². The number of aromatic nitrogens is 18. The summed E-state index contributed by atoms with van der Waals surface area (Å²) in [5.74, 6) is 17.8. The summed E-state index contributed by atoms with van der Waals surface area (Å²) in [6, 6.07) is 20.4. The van der Waals surface area contributed by atoms with E-state index in [0.29, 0.717) is 87.1 Å². The molecule has 32 heteroatoms. The van der Waals surface area contributed by atoms with E-state index >= 15 is 0 Å². The normalized spacial score (nSPS) is 11.2. The third-order valence-corrected chi connectivity index (χ3v) is 19.2. The van der Waals surface area contributed by atoms with E-state index in [1.807, 2.05) is 0 Å². The van der Waals surface area contributed by atoms with Crippen LogP contribution in [0.3, 0.4) is 0 Å². The maximum atomic E-state index is 13.4. The third kappa shape index (κ3) is 18.3. The SMILES string of the molecule is Cn1c(=O)c2[nH]c(-c3cnn(CC#Cc4cccc(F)c4)c3)nc2n(C)c1=O.Cn1c(=O)c2c(nc(-c3cn[nH]c3)n2COCC[Si](C)(C)C)n(C)c1=O.Cn1c(=O)c2c(nc(-c3cnn(CC#Cc4cccc(F)c4)c3)n2COCC[Si](C)(C)C)n(C)c1=O.Fc1cccc(C#CCBr)c1. The molecule has 9 heterocycles. The molecule has 0 amide bonds. The lowest BCUT2D eigenvalue weighted by molar-refractivity contribution is 0.0906. The minimum Gasteiger partial charge on any atom is -0.361 e. The van der Waals surface area contributed by atoms with Crippen molar-refractivity contribution < 1.29 is 22.6 Å². The molecular formula is C69H74BrF3N18O8Si2. The lowest BCUT2D eigenvalue weighted by Gasteiger charge is -2.16. The number of rotatable bonds is 15. The second kappa shape index (κ2) is 32.4. The highest BCUT2D eigenvalue weighted by Gasteiger charge is 2.24. The van der Waals surface area contributed by atoms with Crippen molar-refractivity contribution in [3.05, 3.63) is 207 Å². The molecule has 0 saturated heterocycles. The van der Waals surface area contributed by atoms with Gasteiger partial charge in [-0.3, -0.25) is 65.4 Å². The van der Waals surface area contributed by atoms with Gasteiger partial charge < -0.3 is 14.5 Å². The maximum Gasteiger partial charge on any atom is 0.332 e. The number of H-pyrrole nitrogens is 2. The molecule has 0 aliphatic rings. The first-order valence-electron chi connectivity index (χ1n) is 31.5. The number of alkyl halides is 1. The monoisotopic (exact) mass is 1470 g/mol. The van der Waals surface area contributed by atoms with Gasteiger partial charge in [0.1, 0.15) is 67.0 Å². The summed E-state index contributed by atoms with van der Waals surface area (Å²) < 4.78 is 64.7. The van der Waals surface area contributed by atoms with E-state index in [2.05, 4.69) is 131 Å². The Morgan fingerprint density at radius 1 is 0.505 bits per heavy atom. The molecular weight excluding hydrogens is 1400 g/mol. The molecule has 0 unspecified atom stereocenters. The van der Waals surface area contributed by atoms with Gasteiger partial charge in [-0.1, -0.05) is 109 Å². The fourth-order valence-electron chi connectivity index (χ4n) is 9.91. The second-order valence-corrected chi connectivity index (χ2v) is 37.4. The maximum absolute atomic E-state index is 13.4. The molecule has 9 aromatic heterocycles. The van der Waals surface area contributed by atoms with Gasteiger partial charge in [0, 0.05) is 107 Å². The highest BCUT2D eigenvalue weighted by molar-refractivity contribution is 9.09. The van der Waals surface area contributed by atoms with Crippen molar-refractivity contribution >= 4 is 65.6 Å². The van der Waals surface area contributed by atoms with Gasteiger partial charge in [0.15, 0.2) is 28.0 Å². The molecule has 0 fully saturated rings. The second-order valence-electron chi connectivity index (χ2n) is 25.6. The van der Waals surface area contributed by atoms with Crippen molar-refractivity contribution in [1.82, 2.24) is 86.2 Å². The van der Waals surface area contributed by atoms with E-state index < -0.39 is 44.3 Å². The van der Waals surface area contributed by atoms with Gasteiger partial charge >= 0.3 is 17.1 Å². The molecule has 0 radical (unpaired) electrons. The number of imidazole rings is 3. The largest absolute Gasteiger partial charge is 0.361 e. The van der Waals surface area contributed by atoms with Crippen LogP contribution in [0.4, 0.5) is 13.2 Å². The molecule has 0 saturated carbocycles. The van der Waals surface area contributed by atoms with Crippen LogP contribution in [0.1, 0.15) is 16.7 Å². The van der Waals surface area contributed by atoms with Gasteiger partial charge in [0.05, 0.1) is 40.6 Å². The molecule has 524 valence electrons. The van der Waals surface area contributed by atoms with Crippen LogP contribution in [-0.4, -0.2) is 121 Å². The molecule has 0 bridgehead atoms. The smallest absolute Gasteiger partial charge is 0.332 e. The van der Waals surface area contributed by atoms with Crippen LogP contribution in [0.15, 0.2) is 139 Å². The van der Waals surface area contributed by atoms with Crippen molar-refractivity contribution in [3.8, 4) is 69.7 Å². The standard InChI is InChI=1S/C25H29FN6O3Si.C19H15FN6O2.C16H24N6O3Si.C9H6BrF/c1-29-23-21(24(33)30(2)25(29)34)32(17-35-12-13-36(3,4)5)22(28-23)19-15-27-31(16-19)11-7-9-18-8-6-10-20(26)14-18;1-24-17-15(18(27)25(2)19(24)28)22-16(23-17)13-10-21-26(11-13)8-4-6-12-5-3-7-14(20)9-12;1-20-14-12(15(23)21(2)16(20)24)22(10-25-6-7-26(3,4)5)13(19-14)11-8-17-18-9-11;10-6-2-4-8-3-1-5-9(11)7-8/h6,8,10,14-16H,11-13,17H2,1-5H3;3,5,7,9-11H,8H2,1-2H3,(H,22,23);8-9H,6-7,10H2,1-5H3,(H,17,18);1,3,5,7H,6H2. The Morgan fingerprint density at radius 3 is 1.35 bits per heavy atom. The topological polar surface area (TPSA) is 279 Å². The van der Waals surface area contributed by atoms with E-state index in [1.54, 1.807) is 113 Å². The first kappa shape index (κ1) is 74.3. The number of ether oxygens (including phenoxy) is 2. The molecule has 3 aromatic carbocycles. The van der Waals surface area contributed by atoms with E-state index in [0.717, 1.165) is 31.4 Å². The molecule has 12 aromatic rings. The molecule has 0 aliphatic carbocycles. The number of benzene rings is 3. The number of nitrogens with zero attached hydrogens (tertiary/aromatic N) is 16. The minimum atomic E-state index is -1.29. The van der Waals surface area contributed by atoms with Crippen LogP contribution in [0.25, 0.3) is 67.7 Å². The lowest BCUT2D eigenvalue weighted by Crippen LogP contribution is -2.37.